The summed E-state index contributed by atoms with van der Waals surface area (Å²) in [6, 6.07) is 0. The van der Waals surface area contributed by atoms with E-state index in [1.807, 2.05) is 20.8 Å². The number of nitrogens with two attached hydrogens (primary N) is 1. The smallest absolute Gasteiger partial charge is 0.411 e. The van der Waals surface area contributed by atoms with Crippen LogP contribution in [0.15, 0.2) is 0 Å². The maximum absolute atomic E-state index is 12.2. The van der Waals surface area contributed by atoms with E-state index in [0.717, 1.165) is 0 Å². The van der Waals surface area contributed by atoms with Crippen LogP contribution in [-0.4, -0.2) is 61.1 Å². The number of hydrogen-bond acceptors (Lipinski definition) is 5. The highest BCUT2D eigenvalue weighted by Crippen LogP contribution is 2.31. The van der Waals surface area contributed by atoms with E-state index in [2.05, 4.69) is 0 Å². The second-order valence-corrected chi connectivity index (χ2v) is 5.98. The van der Waals surface area contributed by atoms with Crippen molar-refractivity contribution in [2.75, 3.05) is 32.9 Å². The number of nitrogens with zero attached hydrogens (tertiary/aromatic N) is 1. The van der Waals surface area contributed by atoms with E-state index in [1.54, 1.807) is 4.90 Å². The van der Waals surface area contributed by atoms with E-state index >= 15 is 0 Å². The molecule has 104 valence electrons. The van der Waals surface area contributed by atoms with Gasteiger partial charge >= 0.3 is 6.09 Å². The second-order valence-electron chi connectivity index (χ2n) is 5.98. The predicted octanol–water partition coefficient (Wildman–Crippen LogP) is 0.350. The molecule has 0 saturated carbocycles. The molecule has 2 rings (SSSR count). The van der Waals surface area contributed by atoms with Crippen molar-refractivity contribution >= 4 is 6.09 Å². The van der Waals surface area contributed by atoms with Gasteiger partial charge in [-0.2, -0.15) is 0 Å². The van der Waals surface area contributed by atoms with Crippen molar-refractivity contribution < 1.29 is 19.0 Å². The third-order valence-corrected chi connectivity index (χ3v) is 3.16. The van der Waals surface area contributed by atoms with Crippen LogP contribution in [0.25, 0.3) is 0 Å². The van der Waals surface area contributed by atoms with Crippen LogP contribution in [0.1, 0.15) is 20.8 Å². The van der Waals surface area contributed by atoms with Crippen LogP contribution in [0, 0.1) is 0 Å². The van der Waals surface area contributed by atoms with Crippen LogP contribution >= 0.6 is 0 Å². The van der Waals surface area contributed by atoms with Crippen LogP contribution in [0.3, 0.4) is 0 Å². The lowest BCUT2D eigenvalue weighted by Crippen LogP contribution is -2.71. The first kappa shape index (κ1) is 13.6. The Morgan fingerprint density at radius 1 is 1.44 bits per heavy atom. The molecule has 2 saturated heterocycles. The highest BCUT2D eigenvalue weighted by atomic mass is 16.6. The standard InChI is InChI=1S/C12H22N2O4/c1-11(2,3)18-10(15)14-5-9(4-13)17-8-12(14)6-16-7-12/h9H,4-8,13H2,1-3H3. The van der Waals surface area contributed by atoms with Crippen LogP contribution in [-0.2, 0) is 14.2 Å². The molecule has 2 aliphatic heterocycles. The Morgan fingerprint density at radius 2 is 2.11 bits per heavy atom. The number of carbonyl (C=O) groups is 1. The number of ether oxygens (including phenoxy) is 3. The molecule has 18 heavy (non-hydrogen) atoms. The number of hydrogen-bond donors (Lipinski definition) is 1. The third-order valence-electron chi connectivity index (χ3n) is 3.16. The largest absolute Gasteiger partial charge is 0.444 e. The summed E-state index contributed by atoms with van der Waals surface area (Å²) < 4.78 is 16.3. The lowest BCUT2D eigenvalue weighted by atomic mass is 9.94. The molecule has 1 atom stereocenters. The average Bonchev–Trinajstić information content (AvgIpc) is 2.23. The van der Waals surface area contributed by atoms with Gasteiger partial charge in [-0.3, -0.25) is 4.90 Å². The van der Waals surface area contributed by atoms with Gasteiger partial charge in [-0.1, -0.05) is 0 Å². The summed E-state index contributed by atoms with van der Waals surface area (Å²) in [5.41, 5.74) is 4.75. The van der Waals surface area contributed by atoms with Gasteiger partial charge in [-0.25, -0.2) is 4.79 Å². The first-order valence-corrected chi connectivity index (χ1v) is 6.26. The number of carbonyl (C=O) groups excluding carboxylic acids is 1. The van der Waals surface area contributed by atoms with Gasteiger partial charge in [0.1, 0.15) is 11.1 Å². The number of morpholine rings is 1. The normalized spacial score (nSPS) is 26.9. The zero-order valence-corrected chi connectivity index (χ0v) is 11.3. The molecule has 1 unspecified atom stereocenters. The van der Waals surface area contributed by atoms with Crippen molar-refractivity contribution in [1.29, 1.82) is 0 Å². The fourth-order valence-corrected chi connectivity index (χ4v) is 2.11. The summed E-state index contributed by atoms with van der Waals surface area (Å²) >= 11 is 0. The van der Waals surface area contributed by atoms with Crippen molar-refractivity contribution in [3.05, 3.63) is 0 Å². The highest BCUT2D eigenvalue weighted by molar-refractivity contribution is 5.69. The maximum Gasteiger partial charge on any atom is 0.411 e. The van der Waals surface area contributed by atoms with Crippen LogP contribution in [0.2, 0.25) is 0 Å². The Labute approximate surface area is 107 Å². The summed E-state index contributed by atoms with van der Waals surface area (Å²) in [6.45, 7) is 7.91. The highest BCUT2D eigenvalue weighted by Gasteiger charge is 2.51. The number of rotatable bonds is 1. The Hall–Kier alpha value is -0.850. The zero-order chi connectivity index (χ0) is 13.4. The van der Waals surface area contributed by atoms with Crippen molar-refractivity contribution in [3.8, 4) is 0 Å². The predicted molar refractivity (Wildman–Crippen MR) is 65.3 cm³/mol. The van der Waals surface area contributed by atoms with Crippen molar-refractivity contribution in [1.82, 2.24) is 4.90 Å². The van der Waals surface area contributed by atoms with Crippen LogP contribution in [0.5, 0.6) is 0 Å². The Kier molecular flexibility index (Phi) is 3.53. The SMILES string of the molecule is CC(C)(C)OC(=O)N1CC(CN)OCC12COC2. The summed E-state index contributed by atoms with van der Waals surface area (Å²) in [7, 11) is 0. The molecule has 2 heterocycles. The van der Waals surface area contributed by atoms with Gasteiger partial charge < -0.3 is 19.9 Å². The van der Waals surface area contributed by atoms with E-state index in [9.17, 15) is 4.79 Å². The van der Waals surface area contributed by atoms with Gasteiger partial charge in [0.25, 0.3) is 0 Å². The quantitative estimate of drug-likeness (QED) is 0.734. The molecule has 0 aliphatic carbocycles. The van der Waals surface area contributed by atoms with E-state index in [-0.39, 0.29) is 17.7 Å². The lowest BCUT2D eigenvalue weighted by molar-refractivity contribution is -0.205. The van der Waals surface area contributed by atoms with Gasteiger partial charge in [-0.15, -0.1) is 0 Å². The summed E-state index contributed by atoms with van der Waals surface area (Å²) in [4.78, 5) is 14.0. The molecular formula is C12H22N2O4. The molecule has 6 nitrogen and oxygen atoms in total. The van der Waals surface area contributed by atoms with Gasteiger partial charge in [0.05, 0.1) is 32.5 Å². The molecule has 2 aliphatic rings. The minimum Gasteiger partial charge on any atom is -0.444 e. The fourth-order valence-electron chi connectivity index (χ4n) is 2.11. The van der Waals surface area contributed by atoms with E-state index in [1.165, 1.54) is 0 Å². The van der Waals surface area contributed by atoms with Crippen LogP contribution < -0.4 is 5.73 Å². The molecule has 0 aromatic heterocycles. The third kappa shape index (κ3) is 2.60. The Balaban J connectivity index is 2.08. The van der Waals surface area contributed by atoms with Gasteiger partial charge in [0.15, 0.2) is 0 Å². The topological polar surface area (TPSA) is 74.0 Å². The maximum atomic E-state index is 12.2. The first-order chi connectivity index (χ1) is 8.36. The number of amides is 1. The lowest BCUT2D eigenvalue weighted by Gasteiger charge is -2.53. The molecule has 0 aromatic carbocycles. The molecule has 2 N–H and O–H groups in total. The van der Waals surface area contributed by atoms with E-state index in [4.69, 9.17) is 19.9 Å². The molecule has 0 aromatic rings. The van der Waals surface area contributed by atoms with Crippen molar-refractivity contribution in [2.24, 2.45) is 5.73 Å². The Bertz CT molecular complexity index is 323. The summed E-state index contributed by atoms with van der Waals surface area (Å²) in [5.74, 6) is 0. The molecule has 6 heteroatoms. The van der Waals surface area contributed by atoms with Gasteiger partial charge in [0.2, 0.25) is 0 Å². The fraction of sp³-hybridized carbons (Fsp3) is 0.917. The molecule has 0 radical (unpaired) electrons. The average molecular weight is 258 g/mol. The Morgan fingerprint density at radius 3 is 2.56 bits per heavy atom. The van der Waals surface area contributed by atoms with Crippen LogP contribution in [0.4, 0.5) is 4.79 Å². The van der Waals surface area contributed by atoms with Gasteiger partial charge in [-0.05, 0) is 20.8 Å². The van der Waals surface area contributed by atoms with Gasteiger partial charge in [0, 0.05) is 6.54 Å². The molecular weight excluding hydrogens is 236 g/mol. The zero-order valence-electron chi connectivity index (χ0n) is 11.3. The van der Waals surface area contributed by atoms with Crippen molar-refractivity contribution in [3.63, 3.8) is 0 Å². The molecule has 1 amide bonds. The van der Waals surface area contributed by atoms with E-state index in [0.29, 0.717) is 32.9 Å². The summed E-state index contributed by atoms with van der Waals surface area (Å²) in [6.07, 6.45) is -0.434. The molecule has 2 fully saturated rings. The monoisotopic (exact) mass is 258 g/mol. The first-order valence-electron chi connectivity index (χ1n) is 6.26. The minimum atomic E-state index is -0.501. The minimum absolute atomic E-state index is 0.122. The second kappa shape index (κ2) is 4.68. The van der Waals surface area contributed by atoms with E-state index < -0.39 is 5.60 Å². The summed E-state index contributed by atoms with van der Waals surface area (Å²) in [5, 5.41) is 0. The molecule has 1 spiro atoms. The molecule has 0 bridgehead atoms. The van der Waals surface area contributed by atoms with Crippen molar-refractivity contribution in [2.45, 2.75) is 38.0 Å².